The van der Waals surface area contributed by atoms with Crippen molar-refractivity contribution in [1.82, 2.24) is 0 Å². The van der Waals surface area contributed by atoms with Crippen molar-refractivity contribution in [2.75, 3.05) is 19.8 Å². The molecule has 0 spiro atoms. The smallest absolute Gasteiger partial charge is 0.450 e. The average Bonchev–Trinajstić information content (AvgIpc) is 1.98. The highest BCUT2D eigenvalue weighted by Crippen LogP contribution is 2.00. The molecule has 0 fully saturated rings. The number of carboxylic acid groups (broad SMARTS) is 1. The minimum atomic E-state index is -1.33. The van der Waals surface area contributed by atoms with E-state index in [9.17, 15) is 4.79 Å². The molecule has 66 valence electrons. The fourth-order valence-corrected chi connectivity index (χ4v) is 0.553. The fourth-order valence-electron chi connectivity index (χ4n) is 0.553. The van der Waals surface area contributed by atoms with Gasteiger partial charge in [0.05, 0.1) is 6.61 Å². The van der Waals surface area contributed by atoms with Crippen LogP contribution < -0.4 is 0 Å². The third kappa shape index (κ3) is 5.63. The number of aliphatic hydroxyl groups excluding tert-OH is 2. The Hall–Kier alpha value is -0.810. The van der Waals surface area contributed by atoms with E-state index >= 15 is 0 Å². The van der Waals surface area contributed by atoms with E-state index < -0.39 is 6.16 Å². The minimum Gasteiger partial charge on any atom is -0.450 e. The highest BCUT2D eigenvalue weighted by Gasteiger charge is 2.06. The molecule has 11 heavy (non-hydrogen) atoms. The van der Waals surface area contributed by atoms with Crippen molar-refractivity contribution in [2.24, 2.45) is 5.92 Å². The molecule has 0 radical (unpaired) electrons. The van der Waals surface area contributed by atoms with E-state index in [2.05, 4.69) is 4.74 Å². The lowest BCUT2D eigenvalue weighted by Crippen LogP contribution is -2.14. The molecule has 0 rings (SSSR count). The van der Waals surface area contributed by atoms with Gasteiger partial charge in [0, 0.05) is 19.1 Å². The van der Waals surface area contributed by atoms with Crippen molar-refractivity contribution in [1.29, 1.82) is 0 Å². The highest BCUT2D eigenvalue weighted by atomic mass is 16.7. The van der Waals surface area contributed by atoms with Gasteiger partial charge in [-0.1, -0.05) is 0 Å². The van der Waals surface area contributed by atoms with Crippen LogP contribution in [0.5, 0.6) is 0 Å². The van der Waals surface area contributed by atoms with Crippen molar-refractivity contribution in [3.8, 4) is 0 Å². The Morgan fingerprint density at radius 1 is 1.36 bits per heavy atom. The molecule has 3 N–H and O–H groups in total. The van der Waals surface area contributed by atoms with E-state index in [1.165, 1.54) is 0 Å². The van der Waals surface area contributed by atoms with Crippen molar-refractivity contribution < 1.29 is 24.9 Å². The Morgan fingerprint density at radius 2 is 1.91 bits per heavy atom. The molecule has 0 aromatic heterocycles. The zero-order chi connectivity index (χ0) is 8.69. The first-order chi connectivity index (χ1) is 5.20. The molecular weight excluding hydrogens is 152 g/mol. The second-order valence-corrected chi connectivity index (χ2v) is 2.13. The second kappa shape index (κ2) is 5.94. The molecule has 5 heteroatoms. The van der Waals surface area contributed by atoms with Gasteiger partial charge in [-0.05, 0) is 6.42 Å². The van der Waals surface area contributed by atoms with Crippen molar-refractivity contribution in [3.63, 3.8) is 0 Å². The summed E-state index contributed by atoms with van der Waals surface area (Å²) < 4.78 is 4.17. The van der Waals surface area contributed by atoms with Crippen LogP contribution in [0.15, 0.2) is 0 Å². The molecule has 0 saturated heterocycles. The number of hydrogen-bond donors (Lipinski definition) is 3. The van der Waals surface area contributed by atoms with Crippen molar-refractivity contribution in [2.45, 2.75) is 6.42 Å². The van der Waals surface area contributed by atoms with Crippen LogP contribution in [0.4, 0.5) is 4.79 Å². The SMILES string of the molecule is O=C(O)OCCC(CO)CO. The molecule has 0 aromatic rings. The predicted octanol–water partition coefficient (Wildman–Crippen LogP) is -0.328. The Morgan fingerprint density at radius 3 is 2.27 bits per heavy atom. The minimum absolute atomic E-state index is 0.0150. The standard InChI is InChI=1S/C6H12O5/c7-3-5(4-8)1-2-11-6(9)10/h5,7-8H,1-4H2,(H,9,10). The topological polar surface area (TPSA) is 87.0 Å². The number of ether oxygens (including phenoxy) is 1. The summed E-state index contributed by atoms with van der Waals surface area (Å²) in [4.78, 5) is 9.81. The lowest BCUT2D eigenvalue weighted by molar-refractivity contribution is 0.0719. The molecule has 0 aromatic carbocycles. The molecule has 0 bridgehead atoms. The van der Waals surface area contributed by atoms with E-state index in [1.54, 1.807) is 0 Å². The van der Waals surface area contributed by atoms with E-state index in [1.807, 2.05) is 0 Å². The van der Waals surface area contributed by atoms with Gasteiger partial charge in [-0.15, -0.1) is 0 Å². The van der Waals surface area contributed by atoms with E-state index in [4.69, 9.17) is 15.3 Å². The first kappa shape index (κ1) is 10.2. The first-order valence-electron chi connectivity index (χ1n) is 3.28. The quantitative estimate of drug-likeness (QED) is 0.484. The summed E-state index contributed by atoms with van der Waals surface area (Å²) in [6, 6.07) is 0. The van der Waals surface area contributed by atoms with Crippen LogP contribution in [0, 0.1) is 5.92 Å². The number of aliphatic hydroxyl groups is 2. The molecule has 0 aliphatic carbocycles. The maximum Gasteiger partial charge on any atom is 0.505 e. The van der Waals surface area contributed by atoms with Crippen LogP contribution in [-0.4, -0.2) is 41.3 Å². The molecule has 0 saturated carbocycles. The molecule has 0 heterocycles. The molecule has 0 aliphatic heterocycles. The molecule has 0 unspecified atom stereocenters. The average molecular weight is 164 g/mol. The van der Waals surface area contributed by atoms with E-state index in [-0.39, 0.29) is 25.7 Å². The third-order valence-corrected chi connectivity index (χ3v) is 1.27. The molecule has 5 nitrogen and oxygen atoms in total. The normalized spacial score (nSPS) is 10.1. The van der Waals surface area contributed by atoms with Crippen LogP contribution in [0.2, 0.25) is 0 Å². The lowest BCUT2D eigenvalue weighted by Gasteiger charge is -2.08. The fraction of sp³-hybridized carbons (Fsp3) is 0.833. The molecule has 0 aliphatic rings. The third-order valence-electron chi connectivity index (χ3n) is 1.27. The zero-order valence-corrected chi connectivity index (χ0v) is 6.06. The summed E-state index contributed by atoms with van der Waals surface area (Å²) in [7, 11) is 0. The summed E-state index contributed by atoms with van der Waals surface area (Å²) >= 11 is 0. The summed E-state index contributed by atoms with van der Waals surface area (Å²) in [6.45, 7) is -0.292. The van der Waals surface area contributed by atoms with Crippen LogP contribution in [0.1, 0.15) is 6.42 Å². The first-order valence-corrected chi connectivity index (χ1v) is 3.28. The Balaban J connectivity index is 3.28. The van der Waals surface area contributed by atoms with Gasteiger partial charge in [0.15, 0.2) is 0 Å². The van der Waals surface area contributed by atoms with E-state index in [0.717, 1.165) is 0 Å². The van der Waals surface area contributed by atoms with Crippen molar-refractivity contribution >= 4 is 6.16 Å². The van der Waals surface area contributed by atoms with Gasteiger partial charge in [0.2, 0.25) is 0 Å². The largest absolute Gasteiger partial charge is 0.505 e. The number of carbonyl (C=O) groups is 1. The van der Waals surface area contributed by atoms with Crippen molar-refractivity contribution in [3.05, 3.63) is 0 Å². The van der Waals surface area contributed by atoms with Crippen LogP contribution >= 0.6 is 0 Å². The lowest BCUT2D eigenvalue weighted by atomic mass is 10.1. The number of rotatable bonds is 5. The van der Waals surface area contributed by atoms with Gasteiger partial charge in [0.25, 0.3) is 0 Å². The van der Waals surface area contributed by atoms with Gasteiger partial charge in [-0.25, -0.2) is 4.79 Å². The van der Waals surface area contributed by atoms with Gasteiger partial charge >= 0.3 is 6.16 Å². The molecular formula is C6H12O5. The monoisotopic (exact) mass is 164 g/mol. The second-order valence-electron chi connectivity index (χ2n) is 2.13. The summed E-state index contributed by atoms with van der Waals surface area (Å²) in [5.74, 6) is -0.283. The summed E-state index contributed by atoms with van der Waals surface area (Å²) in [5.41, 5.74) is 0. The zero-order valence-electron chi connectivity index (χ0n) is 6.06. The Labute approximate surface area is 64.2 Å². The van der Waals surface area contributed by atoms with Crippen LogP contribution in [0.3, 0.4) is 0 Å². The predicted molar refractivity (Wildman–Crippen MR) is 36.3 cm³/mol. The summed E-state index contributed by atoms with van der Waals surface area (Å²) in [5, 5.41) is 25.1. The Kier molecular flexibility index (Phi) is 5.50. The van der Waals surface area contributed by atoms with Crippen LogP contribution in [-0.2, 0) is 4.74 Å². The molecule has 0 amide bonds. The van der Waals surface area contributed by atoms with Crippen LogP contribution in [0.25, 0.3) is 0 Å². The van der Waals surface area contributed by atoms with E-state index in [0.29, 0.717) is 6.42 Å². The molecule has 0 atom stereocenters. The summed E-state index contributed by atoms with van der Waals surface area (Å²) in [6.07, 6.45) is -0.987. The number of hydrogen-bond acceptors (Lipinski definition) is 4. The highest BCUT2D eigenvalue weighted by molar-refractivity contribution is 5.56. The van der Waals surface area contributed by atoms with Gasteiger partial charge in [0.1, 0.15) is 0 Å². The van der Waals surface area contributed by atoms with Gasteiger partial charge in [-0.3, -0.25) is 0 Å². The van der Waals surface area contributed by atoms with Gasteiger partial charge in [-0.2, -0.15) is 0 Å². The maximum atomic E-state index is 9.81. The Bertz CT molecular complexity index is 110. The van der Waals surface area contributed by atoms with Gasteiger partial charge < -0.3 is 20.1 Å². The maximum absolute atomic E-state index is 9.81.